The summed E-state index contributed by atoms with van der Waals surface area (Å²) in [6.45, 7) is 4.31. The molecule has 1 heterocycles. The van der Waals surface area contributed by atoms with E-state index in [1.165, 1.54) is 12.0 Å². The molecule has 10 nitrogen and oxygen atoms in total. The predicted molar refractivity (Wildman–Crippen MR) is 138 cm³/mol. The molecule has 5 N–H and O–H groups in total. The summed E-state index contributed by atoms with van der Waals surface area (Å²) in [5, 5.41) is 2.83. The van der Waals surface area contributed by atoms with Crippen LogP contribution in [0.1, 0.15) is 42.9 Å². The molecule has 0 saturated carbocycles. The Hall–Kier alpha value is -3.96. The number of anilines is 2. The fourth-order valence-electron chi connectivity index (χ4n) is 3.68. The van der Waals surface area contributed by atoms with E-state index in [0.717, 1.165) is 22.7 Å². The number of nitrogens with one attached hydrogen (secondary N) is 1. The number of aromatic nitrogens is 1. The first-order chi connectivity index (χ1) is 17.2. The van der Waals surface area contributed by atoms with Gasteiger partial charge in [0.05, 0.1) is 19.4 Å². The van der Waals surface area contributed by atoms with Crippen LogP contribution in [0.25, 0.3) is 0 Å². The number of carbonyl (C=O) groups excluding carboxylic acids is 3. The molecule has 2 aromatic carbocycles. The molecule has 11 heteroatoms. The van der Waals surface area contributed by atoms with Crippen LogP contribution < -0.4 is 26.4 Å². The number of ether oxygens (including phenoxy) is 2. The predicted octanol–water partition coefficient (Wildman–Crippen LogP) is 2.60. The number of carbonyl (C=O) groups is 3. The van der Waals surface area contributed by atoms with E-state index < -0.39 is 23.8 Å². The highest BCUT2D eigenvalue weighted by Crippen LogP contribution is 2.36. The van der Waals surface area contributed by atoms with E-state index in [1.807, 2.05) is 19.9 Å². The lowest BCUT2D eigenvalue weighted by molar-refractivity contribution is -0.122. The average molecular weight is 512 g/mol. The maximum absolute atomic E-state index is 14.1. The standard InChI is InChI=1S/C25H29N5O5S/c1-14-6-5-7-18(15(14)2)30(25(33)22-19(26)20(23(27)31)29-36-22)21(24(32)28-12-13-34-3)16-8-10-17(35-4)11-9-16/h5-11,21H,12-13,26H2,1-4H3,(H2,27,31)(H,28,32)/t21-/m1/s1. The van der Waals surface area contributed by atoms with E-state index in [-0.39, 0.29) is 22.8 Å². The van der Waals surface area contributed by atoms with E-state index in [1.54, 1.807) is 43.5 Å². The highest BCUT2D eigenvalue weighted by atomic mass is 32.1. The summed E-state index contributed by atoms with van der Waals surface area (Å²) >= 11 is 0.759. The maximum Gasteiger partial charge on any atom is 0.273 e. The quantitative estimate of drug-likeness (QED) is 0.354. The lowest BCUT2D eigenvalue weighted by Gasteiger charge is -2.32. The Morgan fingerprint density at radius 3 is 2.39 bits per heavy atom. The minimum absolute atomic E-state index is 0.00732. The molecule has 0 bridgehead atoms. The second-order valence-corrected chi connectivity index (χ2v) is 8.77. The zero-order valence-corrected chi connectivity index (χ0v) is 21.3. The van der Waals surface area contributed by atoms with Gasteiger partial charge in [0.2, 0.25) is 5.91 Å². The third-order valence-corrected chi connectivity index (χ3v) is 6.60. The molecule has 3 amide bonds. The van der Waals surface area contributed by atoms with Crippen LogP contribution in [0.3, 0.4) is 0 Å². The second-order valence-electron chi connectivity index (χ2n) is 7.99. The zero-order chi connectivity index (χ0) is 26.4. The minimum Gasteiger partial charge on any atom is -0.497 e. The SMILES string of the molecule is COCCNC(=O)[C@@H](c1ccc(OC)cc1)N(C(=O)c1snc(C(N)=O)c1N)c1cccc(C)c1C. The number of hydrogen-bond donors (Lipinski definition) is 3. The molecule has 36 heavy (non-hydrogen) atoms. The molecule has 3 rings (SSSR count). The van der Waals surface area contributed by atoms with Gasteiger partial charge in [-0.25, -0.2) is 0 Å². The molecule has 0 unspecified atom stereocenters. The summed E-state index contributed by atoms with van der Waals surface area (Å²) in [5.41, 5.74) is 13.9. The molecule has 0 aliphatic heterocycles. The second kappa shape index (κ2) is 11.6. The van der Waals surface area contributed by atoms with E-state index in [4.69, 9.17) is 20.9 Å². The lowest BCUT2D eigenvalue weighted by atomic mass is 9.99. The summed E-state index contributed by atoms with van der Waals surface area (Å²) in [6, 6.07) is 11.2. The fourth-order valence-corrected chi connectivity index (χ4v) is 4.42. The third kappa shape index (κ3) is 5.47. The van der Waals surface area contributed by atoms with Crippen molar-refractivity contribution in [1.82, 2.24) is 9.69 Å². The molecule has 1 atom stereocenters. The number of amides is 3. The first kappa shape index (κ1) is 26.6. The van der Waals surface area contributed by atoms with Gasteiger partial charge < -0.3 is 26.3 Å². The summed E-state index contributed by atoms with van der Waals surface area (Å²) in [7, 11) is 3.07. The molecular weight excluding hydrogens is 482 g/mol. The van der Waals surface area contributed by atoms with Gasteiger partial charge in [-0.15, -0.1) is 0 Å². The van der Waals surface area contributed by atoms with Crippen LogP contribution in [-0.2, 0) is 9.53 Å². The van der Waals surface area contributed by atoms with E-state index >= 15 is 0 Å². The highest BCUT2D eigenvalue weighted by Gasteiger charge is 2.36. The van der Waals surface area contributed by atoms with Crippen molar-refractivity contribution in [3.05, 3.63) is 69.7 Å². The van der Waals surface area contributed by atoms with Crippen molar-refractivity contribution in [2.45, 2.75) is 19.9 Å². The number of hydrogen-bond acceptors (Lipinski definition) is 8. The fraction of sp³-hybridized carbons (Fsp3) is 0.280. The van der Waals surface area contributed by atoms with Crippen molar-refractivity contribution < 1.29 is 23.9 Å². The van der Waals surface area contributed by atoms with Crippen molar-refractivity contribution in [1.29, 1.82) is 0 Å². The summed E-state index contributed by atoms with van der Waals surface area (Å²) in [4.78, 5) is 40.8. The van der Waals surface area contributed by atoms with Gasteiger partial charge in [-0.2, -0.15) is 4.37 Å². The van der Waals surface area contributed by atoms with Crippen molar-refractivity contribution >= 4 is 40.6 Å². The van der Waals surface area contributed by atoms with Gasteiger partial charge in [-0.1, -0.05) is 24.3 Å². The van der Waals surface area contributed by atoms with Crippen LogP contribution in [0.2, 0.25) is 0 Å². The largest absolute Gasteiger partial charge is 0.497 e. The number of aryl methyl sites for hydroxylation is 1. The number of primary amides is 1. The monoisotopic (exact) mass is 511 g/mol. The van der Waals surface area contributed by atoms with Crippen LogP contribution in [0.4, 0.5) is 11.4 Å². The Morgan fingerprint density at radius 1 is 1.11 bits per heavy atom. The van der Waals surface area contributed by atoms with Gasteiger partial charge in [0.15, 0.2) is 5.69 Å². The molecule has 0 saturated heterocycles. The van der Waals surface area contributed by atoms with E-state index in [9.17, 15) is 14.4 Å². The van der Waals surface area contributed by atoms with Crippen LogP contribution in [0.5, 0.6) is 5.75 Å². The Kier molecular flexibility index (Phi) is 8.62. The van der Waals surface area contributed by atoms with Crippen molar-refractivity contribution in [2.75, 3.05) is 38.0 Å². The maximum atomic E-state index is 14.1. The first-order valence-electron chi connectivity index (χ1n) is 11.1. The molecular formula is C25H29N5O5S. The van der Waals surface area contributed by atoms with Crippen molar-refractivity contribution in [3.63, 3.8) is 0 Å². The van der Waals surface area contributed by atoms with Crippen molar-refractivity contribution in [3.8, 4) is 5.75 Å². The zero-order valence-electron chi connectivity index (χ0n) is 20.5. The van der Waals surface area contributed by atoms with Crippen LogP contribution in [0.15, 0.2) is 42.5 Å². The number of nitrogen functional groups attached to an aromatic ring is 1. The molecule has 0 aliphatic rings. The normalized spacial score (nSPS) is 11.6. The Morgan fingerprint density at radius 2 is 1.81 bits per heavy atom. The number of nitrogens with zero attached hydrogens (tertiary/aromatic N) is 2. The topological polar surface area (TPSA) is 150 Å². The number of benzene rings is 2. The Bertz CT molecular complexity index is 1260. The first-order valence-corrected chi connectivity index (χ1v) is 11.8. The molecule has 3 aromatic rings. The molecule has 0 spiro atoms. The summed E-state index contributed by atoms with van der Waals surface area (Å²) < 4.78 is 14.3. The number of methoxy groups -OCH3 is 2. The van der Waals surface area contributed by atoms with Crippen LogP contribution in [-0.4, -0.2) is 49.5 Å². The number of rotatable bonds is 10. The van der Waals surface area contributed by atoms with Crippen molar-refractivity contribution in [2.24, 2.45) is 5.73 Å². The Labute approximate surface area is 213 Å². The minimum atomic E-state index is -1.08. The molecule has 0 fully saturated rings. The molecule has 1 aromatic heterocycles. The van der Waals surface area contributed by atoms with Gasteiger partial charge in [0, 0.05) is 19.3 Å². The summed E-state index contributed by atoms with van der Waals surface area (Å²) in [6.07, 6.45) is 0. The lowest BCUT2D eigenvalue weighted by Crippen LogP contribution is -2.45. The average Bonchev–Trinajstić information content (AvgIpc) is 3.26. The van der Waals surface area contributed by atoms with Crippen LogP contribution in [0, 0.1) is 13.8 Å². The van der Waals surface area contributed by atoms with Gasteiger partial charge in [0.25, 0.3) is 11.8 Å². The smallest absolute Gasteiger partial charge is 0.273 e. The Balaban J connectivity index is 2.23. The van der Waals surface area contributed by atoms with Gasteiger partial charge in [-0.3, -0.25) is 19.3 Å². The van der Waals surface area contributed by atoms with Gasteiger partial charge in [0.1, 0.15) is 16.7 Å². The van der Waals surface area contributed by atoms with E-state index in [2.05, 4.69) is 9.69 Å². The molecule has 190 valence electrons. The van der Waals surface area contributed by atoms with E-state index in [0.29, 0.717) is 23.6 Å². The number of nitrogens with two attached hydrogens (primary N) is 2. The summed E-state index contributed by atoms with van der Waals surface area (Å²) in [5.74, 6) is -1.26. The van der Waals surface area contributed by atoms with Gasteiger partial charge in [-0.05, 0) is 60.3 Å². The highest BCUT2D eigenvalue weighted by molar-refractivity contribution is 7.09. The van der Waals surface area contributed by atoms with Crippen LogP contribution >= 0.6 is 11.5 Å². The van der Waals surface area contributed by atoms with Gasteiger partial charge >= 0.3 is 0 Å². The molecule has 0 aliphatic carbocycles. The molecule has 0 radical (unpaired) electrons. The third-order valence-electron chi connectivity index (χ3n) is 5.75.